The number of aromatic nitrogens is 1. The Morgan fingerprint density at radius 3 is 2.60 bits per heavy atom. The number of benzene rings is 1. The van der Waals surface area contributed by atoms with Crippen molar-refractivity contribution in [3.05, 3.63) is 51.3 Å². The van der Waals surface area contributed by atoms with E-state index in [1.807, 2.05) is 26.0 Å². The molecule has 1 heterocycles. The third kappa shape index (κ3) is 3.35. The second-order valence-electron chi connectivity index (χ2n) is 4.60. The van der Waals surface area contributed by atoms with Crippen LogP contribution in [0.2, 0.25) is 10.3 Å². The van der Waals surface area contributed by atoms with E-state index < -0.39 is 0 Å². The smallest absolute Gasteiger partial charge is 0.154 e. The lowest BCUT2D eigenvalue weighted by molar-refractivity contribution is 0.410. The zero-order valence-electron chi connectivity index (χ0n) is 11.6. The van der Waals surface area contributed by atoms with Gasteiger partial charge in [-0.15, -0.1) is 0 Å². The number of nitrogens with one attached hydrogen (secondary N) is 1. The van der Waals surface area contributed by atoms with Crippen LogP contribution in [0.1, 0.15) is 16.7 Å². The summed E-state index contributed by atoms with van der Waals surface area (Å²) in [6.07, 6.45) is 0. The van der Waals surface area contributed by atoms with Crippen molar-refractivity contribution in [1.82, 2.24) is 4.98 Å². The van der Waals surface area contributed by atoms with E-state index in [1.165, 1.54) is 5.56 Å². The lowest BCUT2D eigenvalue weighted by atomic mass is 10.1. The van der Waals surface area contributed by atoms with E-state index in [-0.39, 0.29) is 0 Å². The van der Waals surface area contributed by atoms with Crippen LogP contribution in [0.4, 0.5) is 5.69 Å². The van der Waals surface area contributed by atoms with Crippen molar-refractivity contribution in [2.75, 3.05) is 12.4 Å². The zero-order chi connectivity index (χ0) is 14.7. The predicted molar refractivity (Wildman–Crippen MR) is 84.1 cm³/mol. The number of halogens is 2. The summed E-state index contributed by atoms with van der Waals surface area (Å²) in [5.74, 6) is 0.846. The van der Waals surface area contributed by atoms with Gasteiger partial charge in [-0.3, -0.25) is 0 Å². The van der Waals surface area contributed by atoms with E-state index in [0.717, 1.165) is 22.6 Å². The maximum Gasteiger partial charge on any atom is 0.154 e. The van der Waals surface area contributed by atoms with Crippen molar-refractivity contribution < 1.29 is 4.74 Å². The fourth-order valence-electron chi connectivity index (χ4n) is 2.04. The molecule has 0 aliphatic carbocycles. The number of nitrogens with zero attached hydrogens (tertiary/aromatic N) is 1. The highest BCUT2D eigenvalue weighted by Gasteiger charge is 2.09. The molecule has 0 spiro atoms. The summed E-state index contributed by atoms with van der Waals surface area (Å²) in [5, 5.41) is 4.06. The molecule has 5 heteroatoms. The van der Waals surface area contributed by atoms with E-state index >= 15 is 0 Å². The first-order chi connectivity index (χ1) is 9.51. The molecule has 1 aromatic heterocycles. The van der Waals surface area contributed by atoms with Crippen LogP contribution in [0.5, 0.6) is 5.75 Å². The first-order valence-electron chi connectivity index (χ1n) is 6.21. The van der Waals surface area contributed by atoms with E-state index in [9.17, 15) is 0 Å². The highest BCUT2D eigenvalue weighted by molar-refractivity contribution is 6.34. The summed E-state index contributed by atoms with van der Waals surface area (Å²) >= 11 is 12.0. The average Bonchev–Trinajstić information content (AvgIpc) is 2.37. The van der Waals surface area contributed by atoms with Gasteiger partial charge in [-0.05, 0) is 31.5 Å². The van der Waals surface area contributed by atoms with Crippen molar-refractivity contribution in [3.63, 3.8) is 0 Å². The minimum absolute atomic E-state index is 0.376. The molecule has 0 radical (unpaired) electrons. The Kier molecular flexibility index (Phi) is 4.73. The molecule has 20 heavy (non-hydrogen) atoms. The standard InChI is InChI=1S/C15H16Cl2N2O/c1-9-4-5-12(20-3)11(6-9)8-18-14-10(2)7-13(16)19-15(14)17/h4-7,18H,8H2,1-3H3. The molecule has 0 amide bonds. The van der Waals surface area contributed by atoms with Gasteiger partial charge in [0, 0.05) is 12.1 Å². The number of anilines is 1. The van der Waals surface area contributed by atoms with Gasteiger partial charge in [0.2, 0.25) is 0 Å². The van der Waals surface area contributed by atoms with Gasteiger partial charge in [0.1, 0.15) is 10.9 Å². The first-order valence-corrected chi connectivity index (χ1v) is 6.97. The van der Waals surface area contributed by atoms with Crippen LogP contribution in [0.25, 0.3) is 0 Å². The van der Waals surface area contributed by atoms with E-state index in [0.29, 0.717) is 16.9 Å². The average molecular weight is 311 g/mol. The van der Waals surface area contributed by atoms with Crippen molar-refractivity contribution in [3.8, 4) is 5.75 Å². The summed E-state index contributed by atoms with van der Waals surface area (Å²) in [7, 11) is 1.66. The quantitative estimate of drug-likeness (QED) is 0.836. The van der Waals surface area contributed by atoms with Gasteiger partial charge in [-0.2, -0.15) is 0 Å². The minimum Gasteiger partial charge on any atom is -0.496 e. The summed E-state index contributed by atoms with van der Waals surface area (Å²) in [5.41, 5.74) is 4.00. The van der Waals surface area contributed by atoms with Gasteiger partial charge in [-0.25, -0.2) is 4.98 Å². The van der Waals surface area contributed by atoms with Crippen LogP contribution in [-0.4, -0.2) is 12.1 Å². The number of methoxy groups -OCH3 is 1. The fourth-order valence-corrected chi connectivity index (χ4v) is 2.64. The molecule has 106 valence electrons. The topological polar surface area (TPSA) is 34.1 Å². The number of pyridine rings is 1. The predicted octanol–water partition coefficient (Wildman–Crippen LogP) is 4.63. The van der Waals surface area contributed by atoms with Crippen molar-refractivity contribution in [2.24, 2.45) is 0 Å². The van der Waals surface area contributed by atoms with Crippen LogP contribution in [0.15, 0.2) is 24.3 Å². The Hall–Kier alpha value is -1.45. The summed E-state index contributed by atoms with van der Waals surface area (Å²) < 4.78 is 5.36. The Morgan fingerprint density at radius 1 is 1.20 bits per heavy atom. The second kappa shape index (κ2) is 6.33. The van der Waals surface area contributed by atoms with Gasteiger partial charge in [-0.1, -0.05) is 40.9 Å². The molecule has 0 unspecified atom stereocenters. The zero-order valence-corrected chi connectivity index (χ0v) is 13.1. The van der Waals surface area contributed by atoms with Crippen LogP contribution in [0.3, 0.4) is 0 Å². The highest BCUT2D eigenvalue weighted by Crippen LogP contribution is 2.28. The molecule has 0 bridgehead atoms. The number of aryl methyl sites for hydroxylation is 2. The van der Waals surface area contributed by atoms with Crippen molar-refractivity contribution in [1.29, 1.82) is 0 Å². The maximum absolute atomic E-state index is 6.12. The Labute approximate surface area is 128 Å². The molecule has 0 fully saturated rings. The number of rotatable bonds is 4. The lowest BCUT2D eigenvalue weighted by Crippen LogP contribution is -2.04. The first kappa shape index (κ1) is 14.9. The van der Waals surface area contributed by atoms with Crippen LogP contribution in [-0.2, 0) is 6.54 Å². The molecular weight excluding hydrogens is 295 g/mol. The van der Waals surface area contributed by atoms with E-state index in [1.54, 1.807) is 13.2 Å². The van der Waals surface area contributed by atoms with E-state index in [2.05, 4.69) is 16.4 Å². The molecule has 2 rings (SSSR count). The monoisotopic (exact) mass is 310 g/mol. The molecule has 3 nitrogen and oxygen atoms in total. The molecule has 1 aromatic carbocycles. The van der Waals surface area contributed by atoms with E-state index in [4.69, 9.17) is 27.9 Å². The Balaban J connectivity index is 2.23. The molecular formula is C15H16Cl2N2O. The van der Waals surface area contributed by atoms with Crippen molar-refractivity contribution in [2.45, 2.75) is 20.4 Å². The Morgan fingerprint density at radius 2 is 1.95 bits per heavy atom. The summed E-state index contributed by atoms with van der Waals surface area (Å²) in [4.78, 5) is 4.04. The van der Waals surface area contributed by atoms with Gasteiger partial charge in [0.15, 0.2) is 5.15 Å². The number of ether oxygens (including phenoxy) is 1. The summed E-state index contributed by atoms with van der Waals surface area (Å²) in [6, 6.07) is 7.84. The third-order valence-electron chi connectivity index (χ3n) is 3.03. The Bertz CT molecular complexity index is 606. The van der Waals surface area contributed by atoms with Crippen LogP contribution < -0.4 is 10.1 Å². The van der Waals surface area contributed by atoms with Gasteiger partial charge >= 0.3 is 0 Å². The molecule has 0 atom stereocenters. The highest BCUT2D eigenvalue weighted by atomic mass is 35.5. The largest absolute Gasteiger partial charge is 0.496 e. The van der Waals surface area contributed by atoms with Gasteiger partial charge < -0.3 is 10.1 Å². The normalized spacial score (nSPS) is 10.4. The van der Waals surface area contributed by atoms with Crippen LogP contribution >= 0.6 is 23.2 Å². The molecule has 0 aliphatic heterocycles. The second-order valence-corrected chi connectivity index (χ2v) is 5.34. The molecule has 0 saturated carbocycles. The maximum atomic E-state index is 6.12. The minimum atomic E-state index is 0.376. The molecule has 0 saturated heterocycles. The summed E-state index contributed by atoms with van der Waals surface area (Å²) in [6.45, 7) is 4.59. The lowest BCUT2D eigenvalue weighted by Gasteiger charge is -2.14. The fraction of sp³-hybridized carbons (Fsp3) is 0.267. The molecule has 0 aliphatic rings. The van der Waals surface area contributed by atoms with Crippen molar-refractivity contribution >= 4 is 28.9 Å². The third-order valence-corrected chi connectivity index (χ3v) is 3.50. The van der Waals surface area contributed by atoms with Gasteiger partial charge in [0.05, 0.1) is 12.8 Å². The number of hydrogen-bond acceptors (Lipinski definition) is 3. The molecule has 1 N–H and O–H groups in total. The van der Waals surface area contributed by atoms with Gasteiger partial charge in [0.25, 0.3) is 0 Å². The van der Waals surface area contributed by atoms with Crippen LogP contribution in [0, 0.1) is 13.8 Å². The SMILES string of the molecule is COc1ccc(C)cc1CNc1c(C)cc(Cl)nc1Cl. The number of hydrogen-bond donors (Lipinski definition) is 1. The molecule has 2 aromatic rings.